The van der Waals surface area contributed by atoms with Crippen molar-refractivity contribution >= 4 is 31.5 Å². The fourth-order valence-corrected chi connectivity index (χ4v) is 10.3. The fourth-order valence-electron chi connectivity index (χ4n) is 9.18. The molecule has 0 unspecified atom stereocenters. The fraction of sp³-hybridized carbons (Fsp3) is 0.0517. The lowest BCUT2D eigenvalue weighted by Crippen LogP contribution is -2.15. The molecule has 0 saturated carbocycles. The molecule has 1 aliphatic rings. The Kier molecular flexibility index (Phi) is 8.95. The van der Waals surface area contributed by atoms with Gasteiger partial charge in [0.2, 0.25) is 0 Å². The molecule has 12 rings (SSSR count). The number of fused-ring (bicyclic) bond motifs is 6. The van der Waals surface area contributed by atoms with Crippen LogP contribution in [0.1, 0.15) is 25.0 Å². The molecule has 0 fully saturated rings. The van der Waals surface area contributed by atoms with Crippen molar-refractivity contribution < 1.29 is 0 Å². The first-order valence-electron chi connectivity index (χ1n) is 21.6. The largest absolute Gasteiger partial charge is 0.228 e. The molecule has 0 aliphatic heterocycles. The molecule has 0 N–H and O–H groups in total. The van der Waals surface area contributed by atoms with Gasteiger partial charge in [-0.2, -0.15) is 0 Å². The zero-order chi connectivity index (χ0) is 42.8. The van der Waals surface area contributed by atoms with Crippen molar-refractivity contribution in [2.45, 2.75) is 19.3 Å². The van der Waals surface area contributed by atoms with Crippen LogP contribution in [0.4, 0.5) is 0 Å². The van der Waals surface area contributed by atoms with Crippen LogP contribution in [-0.2, 0) is 5.41 Å². The standard InChI is InChI=1S/C58H39N5S/c1-58(2)48-32-41(23-27-44(48)45-28-24-42(33-49(45)58)51-35-50(36-15-7-3-8-16-36)59-54(60-51)37-17-9-4-10-18-37)40-26-30-52-47(31-40)46-29-25-43(34-53(46)64-52)57-62-55(38-19-11-5-12-20-38)61-56(63-57)39-21-13-6-14-22-39/h3-35H,1-2H3. The normalized spacial score (nSPS) is 12.7. The van der Waals surface area contributed by atoms with Crippen LogP contribution in [0.2, 0.25) is 0 Å². The molecule has 302 valence electrons. The van der Waals surface area contributed by atoms with E-state index in [0.717, 1.165) is 50.6 Å². The van der Waals surface area contributed by atoms with Crippen molar-refractivity contribution in [1.82, 2.24) is 24.9 Å². The molecule has 8 aromatic carbocycles. The number of aromatic nitrogens is 5. The van der Waals surface area contributed by atoms with E-state index in [1.807, 2.05) is 84.9 Å². The number of nitrogens with zero attached hydrogens (tertiary/aromatic N) is 5. The van der Waals surface area contributed by atoms with Crippen molar-refractivity contribution in [2.75, 3.05) is 0 Å². The van der Waals surface area contributed by atoms with Crippen LogP contribution >= 0.6 is 11.3 Å². The highest BCUT2D eigenvalue weighted by atomic mass is 32.1. The van der Waals surface area contributed by atoms with Crippen molar-refractivity contribution in [1.29, 1.82) is 0 Å². The molecule has 0 amide bonds. The summed E-state index contributed by atoms with van der Waals surface area (Å²) in [6.45, 7) is 4.70. The molecule has 64 heavy (non-hydrogen) atoms. The maximum atomic E-state index is 5.15. The van der Waals surface area contributed by atoms with Crippen molar-refractivity contribution in [3.05, 3.63) is 211 Å². The van der Waals surface area contributed by atoms with Gasteiger partial charge in [0.05, 0.1) is 11.4 Å². The van der Waals surface area contributed by atoms with E-state index < -0.39 is 0 Å². The van der Waals surface area contributed by atoms with E-state index in [1.54, 1.807) is 11.3 Å². The van der Waals surface area contributed by atoms with Gasteiger partial charge in [-0.25, -0.2) is 24.9 Å². The van der Waals surface area contributed by atoms with Crippen molar-refractivity contribution in [3.8, 4) is 90.3 Å². The highest BCUT2D eigenvalue weighted by molar-refractivity contribution is 7.25. The van der Waals surface area contributed by atoms with E-state index in [1.165, 1.54) is 53.6 Å². The molecular weight excluding hydrogens is 799 g/mol. The molecule has 0 spiro atoms. The first kappa shape index (κ1) is 37.8. The minimum atomic E-state index is -0.223. The molecular formula is C58H39N5S. The minimum absolute atomic E-state index is 0.223. The predicted molar refractivity (Wildman–Crippen MR) is 264 cm³/mol. The van der Waals surface area contributed by atoms with Crippen LogP contribution in [0.15, 0.2) is 200 Å². The molecule has 0 saturated heterocycles. The lowest BCUT2D eigenvalue weighted by Gasteiger charge is -2.22. The number of hydrogen-bond acceptors (Lipinski definition) is 6. The lowest BCUT2D eigenvalue weighted by molar-refractivity contribution is 0.661. The van der Waals surface area contributed by atoms with Crippen LogP contribution in [0.5, 0.6) is 0 Å². The monoisotopic (exact) mass is 837 g/mol. The Balaban J connectivity index is 0.889. The average Bonchev–Trinajstić information content (AvgIpc) is 3.84. The second kappa shape index (κ2) is 15.2. The van der Waals surface area contributed by atoms with Crippen molar-refractivity contribution in [3.63, 3.8) is 0 Å². The second-order valence-electron chi connectivity index (χ2n) is 16.9. The summed E-state index contributed by atoms with van der Waals surface area (Å²) in [5, 5.41) is 2.47. The highest BCUT2D eigenvalue weighted by Gasteiger charge is 2.36. The summed E-state index contributed by atoms with van der Waals surface area (Å²) in [6, 6.07) is 70.3. The summed E-state index contributed by atoms with van der Waals surface area (Å²) < 4.78 is 2.45. The van der Waals surface area contributed by atoms with Gasteiger partial charge in [-0.1, -0.05) is 178 Å². The van der Waals surface area contributed by atoms with Gasteiger partial charge in [0.25, 0.3) is 0 Å². The summed E-state index contributed by atoms with van der Waals surface area (Å²) in [5.74, 6) is 2.70. The Hall–Kier alpha value is -7.93. The SMILES string of the molecule is CC1(C)c2cc(-c3ccc4sc5cc(-c6nc(-c7ccccc7)nc(-c7ccccc7)n6)ccc5c4c3)ccc2-c2ccc(-c3cc(-c4ccccc4)nc(-c4ccccc4)n3)cc21. The van der Waals surface area contributed by atoms with Gasteiger partial charge in [0.1, 0.15) is 0 Å². The molecule has 1 aliphatic carbocycles. The average molecular weight is 838 g/mol. The van der Waals surface area contributed by atoms with E-state index in [2.05, 4.69) is 129 Å². The molecule has 3 aromatic heterocycles. The molecule has 0 radical (unpaired) electrons. The topological polar surface area (TPSA) is 64.5 Å². The molecule has 0 bridgehead atoms. The van der Waals surface area contributed by atoms with E-state index in [4.69, 9.17) is 24.9 Å². The first-order chi connectivity index (χ1) is 31.4. The summed E-state index contributed by atoms with van der Waals surface area (Å²) in [6.07, 6.45) is 0. The van der Waals surface area contributed by atoms with Gasteiger partial charge in [-0.05, 0) is 69.8 Å². The third-order valence-corrected chi connectivity index (χ3v) is 13.7. The Morgan fingerprint density at radius 1 is 0.312 bits per heavy atom. The summed E-state index contributed by atoms with van der Waals surface area (Å²) >= 11 is 1.81. The van der Waals surface area contributed by atoms with E-state index in [9.17, 15) is 0 Å². The molecule has 11 aromatic rings. The molecule has 6 heteroatoms. The number of benzene rings is 8. The quantitative estimate of drug-likeness (QED) is 0.160. The third-order valence-electron chi connectivity index (χ3n) is 12.6. The zero-order valence-corrected chi connectivity index (χ0v) is 36.0. The van der Waals surface area contributed by atoms with Crippen molar-refractivity contribution in [2.24, 2.45) is 0 Å². The maximum Gasteiger partial charge on any atom is 0.164 e. The van der Waals surface area contributed by atoms with Gasteiger partial charge >= 0.3 is 0 Å². The van der Waals surface area contributed by atoms with Gasteiger partial charge in [0, 0.05) is 59.0 Å². The summed E-state index contributed by atoms with van der Waals surface area (Å²) in [5.41, 5.74) is 15.2. The van der Waals surface area contributed by atoms with E-state index in [-0.39, 0.29) is 5.41 Å². The van der Waals surface area contributed by atoms with Gasteiger partial charge in [0.15, 0.2) is 23.3 Å². The number of rotatable bonds is 7. The molecule has 3 heterocycles. The highest BCUT2D eigenvalue weighted by Crippen LogP contribution is 2.51. The predicted octanol–water partition coefficient (Wildman–Crippen LogP) is 15.0. The van der Waals surface area contributed by atoms with Crippen LogP contribution in [0.3, 0.4) is 0 Å². The van der Waals surface area contributed by atoms with Crippen LogP contribution in [-0.4, -0.2) is 24.9 Å². The van der Waals surface area contributed by atoms with E-state index >= 15 is 0 Å². The Morgan fingerprint density at radius 2 is 0.750 bits per heavy atom. The van der Waals surface area contributed by atoms with Gasteiger partial charge < -0.3 is 0 Å². The summed E-state index contributed by atoms with van der Waals surface area (Å²) in [7, 11) is 0. The molecule has 5 nitrogen and oxygen atoms in total. The van der Waals surface area contributed by atoms with Crippen LogP contribution in [0.25, 0.3) is 110 Å². The first-order valence-corrected chi connectivity index (χ1v) is 22.4. The Morgan fingerprint density at radius 3 is 1.33 bits per heavy atom. The Bertz CT molecular complexity index is 3450. The number of hydrogen-bond donors (Lipinski definition) is 0. The zero-order valence-electron chi connectivity index (χ0n) is 35.2. The number of thiophene rings is 1. The lowest BCUT2D eigenvalue weighted by atomic mass is 9.81. The van der Waals surface area contributed by atoms with E-state index in [0.29, 0.717) is 17.5 Å². The maximum absolute atomic E-state index is 5.15. The van der Waals surface area contributed by atoms with Crippen LogP contribution in [0, 0.1) is 0 Å². The third kappa shape index (κ3) is 6.59. The minimum Gasteiger partial charge on any atom is -0.228 e. The summed E-state index contributed by atoms with van der Waals surface area (Å²) in [4.78, 5) is 25.1. The van der Waals surface area contributed by atoms with Crippen LogP contribution < -0.4 is 0 Å². The Labute approximate surface area is 375 Å². The smallest absolute Gasteiger partial charge is 0.164 e. The second-order valence-corrected chi connectivity index (χ2v) is 18.0. The molecule has 0 atom stereocenters. The van der Waals surface area contributed by atoms with Gasteiger partial charge in [-0.3, -0.25) is 0 Å². The van der Waals surface area contributed by atoms with Gasteiger partial charge in [-0.15, -0.1) is 11.3 Å².